The molecule has 1 aromatic carbocycles. The SMILES string of the molecule is Cc1ccc(-c2cc(-c3nc(=S)[nH][nH]3)c(=O)n(C)n2)cc1. The van der Waals surface area contributed by atoms with Crippen molar-refractivity contribution in [2.45, 2.75) is 6.92 Å². The number of benzene rings is 1. The molecule has 0 amide bonds. The summed E-state index contributed by atoms with van der Waals surface area (Å²) < 4.78 is 1.61. The lowest BCUT2D eigenvalue weighted by Crippen LogP contribution is -2.22. The molecule has 6 nitrogen and oxygen atoms in total. The molecule has 0 saturated carbocycles. The van der Waals surface area contributed by atoms with E-state index in [1.165, 1.54) is 10.2 Å². The van der Waals surface area contributed by atoms with E-state index in [2.05, 4.69) is 20.3 Å². The molecule has 2 N–H and O–H groups in total. The van der Waals surface area contributed by atoms with Crippen molar-refractivity contribution in [1.82, 2.24) is 25.0 Å². The van der Waals surface area contributed by atoms with Gasteiger partial charge in [0.1, 0.15) is 0 Å². The minimum atomic E-state index is -0.233. The number of nitrogens with zero attached hydrogens (tertiary/aromatic N) is 3. The van der Waals surface area contributed by atoms with Crippen LogP contribution in [-0.2, 0) is 7.05 Å². The Hall–Kier alpha value is -2.54. The van der Waals surface area contributed by atoms with Gasteiger partial charge in [0, 0.05) is 12.6 Å². The molecule has 2 heterocycles. The van der Waals surface area contributed by atoms with Crippen molar-refractivity contribution < 1.29 is 0 Å². The third kappa shape index (κ3) is 2.55. The van der Waals surface area contributed by atoms with Gasteiger partial charge in [0.05, 0.1) is 11.3 Å². The smallest absolute Gasteiger partial charge is 0.277 e. The van der Waals surface area contributed by atoms with Crippen LogP contribution in [0.15, 0.2) is 35.1 Å². The van der Waals surface area contributed by atoms with Crippen molar-refractivity contribution in [1.29, 1.82) is 0 Å². The largest absolute Gasteiger partial charge is 0.281 e. The number of rotatable bonds is 2. The van der Waals surface area contributed by atoms with Crippen molar-refractivity contribution in [3.8, 4) is 22.6 Å². The van der Waals surface area contributed by atoms with E-state index in [0.29, 0.717) is 21.9 Å². The van der Waals surface area contributed by atoms with Crippen LogP contribution in [0.4, 0.5) is 0 Å². The summed E-state index contributed by atoms with van der Waals surface area (Å²) in [6.07, 6.45) is 0. The fourth-order valence-electron chi connectivity index (χ4n) is 2.04. The van der Waals surface area contributed by atoms with Gasteiger partial charge in [0.2, 0.25) is 4.77 Å². The van der Waals surface area contributed by atoms with Gasteiger partial charge in [-0.05, 0) is 25.2 Å². The predicted octanol–water partition coefficient (Wildman–Crippen LogP) is 2.20. The molecule has 0 spiro atoms. The van der Waals surface area contributed by atoms with Crippen molar-refractivity contribution in [3.05, 3.63) is 51.0 Å². The summed E-state index contributed by atoms with van der Waals surface area (Å²) >= 11 is 4.93. The van der Waals surface area contributed by atoms with Gasteiger partial charge in [0.15, 0.2) is 5.82 Å². The highest BCUT2D eigenvalue weighted by molar-refractivity contribution is 7.71. The molecule has 0 unspecified atom stereocenters. The highest BCUT2D eigenvalue weighted by Gasteiger charge is 2.12. The van der Waals surface area contributed by atoms with Crippen LogP contribution < -0.4 is 5.56 Å². The quantitative estimate of drug-likeness (QED) is 0.711. The molecule has 7 heteroatoms. The second-order valence-electron chi connectivity index (χ2n) is 4.75. The molecule has 0 aliphatic carbocycles. The van der Waals surface area contributed by atoms with Gasteiger partial charge < -0.3 is 0 Å². The Morgan fingerprint density at radius 1 is 1.19 bits per heavy atom. The Morgan fingerprint density at radius 2 is 1.90 bits per heavy atom. The molecule has 0 radical (unpaired) electrons. The first-order chi connectivity index (χ1) is 10.0. The molecular weight excluding hydrogens is 286 g/mol. The summed E-state index contributed by atoms with van der Waals surface area (Å²) in [5.74, 6) is 0.413. The van der Waals surface area contributed by atoms with E-state index in [-0.39, 0.29) is 5.56 Å². The number of aryl methyl sites for hydroxylation is 2. The average molecular weight is 299 g/mol. The number of aromatic amines is 2. The van der Waals surface area contributed by atoms with E-state index < -0.39 is 0 Å². The standard InChI is InChI=1S/C14H13N5OS/c1-8-3-5-9(6-4-8)11-7-10(13(20)19(2)18-11)12-15-14(21)17-16-12/h3-7H,1-2H3,(H2,15,16,17,21). The van der Waals surface area contributed by atoms with E-state index in [9.17, 15) is 4.79 Å². The molecule has 0 bridgehead atoms. The molecule has 0 fully saturated rings. The molecule has 21 heavy (non-hydrogen) atoms. The fourth-order valence-corrected chi connectivity index (χ4v) is 2.18. The second kappa shape index (κ2) is 5.10. The lowest BCUT2D eigenvalue weighted by Gasteiger charge is -2.06. The summed E-state index contributed by atoms with van der Waals surface area (Å²) in [6.45, 7) is 2.02. The zero-order valence-corrected chi connectivity index (χ0v) is 12.4. The fraction of sp³-hybridized carbons (Fsp3) is 0.143. The Labute approximate surface area is 125 Å². The first-order valence-corrected chi connectivity index (χ1v) is 6.76. The van der Waals surface area contributed by atoms with Crippen LogP contribution in [0.2, 0.25) is 0 Å². The van der Waals surface area contributed by atoms with Gasteiger partial charge in [-0.3, -0.25) is 15.0 Å². The first kappa shape index (κ1) is 13.4. The van der Waals surface area contributed by atoms with Crippen molar-refractivity contribution >= 4 is 12.2 Å². The third-order valence-corrected chi connectivity index (χ3v) is 3.36. The maximum absolute atomic E-state index is 12.2. The van der Waals surface area contributed by atoms with Gasteiger partial charge in [0.25, 0.3) is 5.56 Å². The minimum absolute atomic E-state index is 0.233. The number of hydrogen-bond acceptors (Lipinski definition) is 4. The third-order valence-electron chi connectivity index (χ3n) is 3.17. The number of H-pyrrole nitrogens is 2. The van der Waals surface area contributed by atoms with E-state index >= 15 is 0 Å². The van der Waals surface area contributed by atoms with Gasteiger partial charge in [-0.1, -0.05) is 29.8 Å². The van der Waals surface area contributed by atoms with Crippen LogP contribution in [0.5, 0.6) is 0 Å². The highest BCUT2D eigenvalue weighted by atomic mass is 32.1. The molecule has 3 rings (SSSR count). The Morgan fingerprint density at radius 3 is 2.52 bits per heavy atom. The Bertz CT molecular complexity index is 904. The Balaban J connectivity index is 2.20. The van der Waals surface area contributed by atoms with Gasteiger partial charge >= 0.3 is 0 Å². The minimum Gasteiger partial charge on any atom is -0.281 e. The number of aromatic nitrogens is 5. The van der Waals surface area contributed by atoms with Crippen molar-refractivity contribution in [3.63, 3.8) is 0 Å². The van der Waals surface area contributed by atoms with E-state index in [0.717, 1.165) is 5.56 Å². The molecule has 2 aromatic heterocycles. The van der Waals surface area contributed by atoms with Gasteiger partial charge in [-0.25, -0.2) is 4.68 Å². The monoisotopic (exact) mass is 299 g/mol. The molecular formula is C14H13N5OS. The van der Waals surface area contributed by atoms with Crippen molar-refractivity contribution in [2.24, 2.45) is 7.05 Å². The average Bonchev–Trinajstić information content (AvgIpc) is 2.89. The molecule has 0 aliphatic rings. The summed E-state index contributed by atoms with van der Waals surface area (Å²) in [5.41, 5.74) is 3.00. The van der Waals surface area contributed by atoms with Crippen molar-refractivity contribution in [2.75, 3.05) is 0 Å². The first-order valence-electron chi connectivity index (χ1n) is 6.35. The normalized spacial score (nSPS) is 10.8. The summed E-state index contributed by atoms with van der Waals surface area (Å²) in [5, 5.41) is 9.78. The molecule has 3 aromatic rings. The lowest BCUT2D eigenvalue weighted by atomic mass is 10.1. The Kier molecular flexibility index (Phi) is 3.26. The number of nitrogens with one attached hydrogen (secondary N) is 2. The van der Waals surface area contributed by atoms with Crippen LogP contribution in [-0.4, -0.2) is 25.0 Å². The summed E-state index contributed by atoms with van der Waals surface area (Å²) in [6, 6.07) is 9.67. The molecule has 0 saturated heterocycles. The van der Waals surface area contributed by atoms with E-state index in [1.807, 2.05) is 31.2 Å². The van der Waals surface area contributed by atoms with Crippen LogP contribution in [0, 0.1) is 11.7 Å². The lowest BCUT2D eigenvalue weighted by molar-refractivity contribution is 0.713. The predicted molar refractivity (Wildman–Crippen MR) is 82.4 cm³/mol. The maximum Gasteiger partial charge on any atom is 0.277 e. The van der Waals surface area contributed by atoms with E-state index in [4.69, 9.17) is 12.2 Å². The molecule has 0 aliphatic heterocycles. The summed E-state index contributed by atoms with van der Waals surface area (Å²) in [4.78, 5) is 16.3. The maximum atomic E-state index is 12.2. The topological polar surface area (TPSA) is 79.4 Å². The van der Waals surface area contributed by atoms with Gasteiger partial charge in [-0.2, -0.15) is 10.1 Å². The highest BCUT2D eigenvalue weighted by Crippen LogP contribution is 2.20. The zero-order chi connectivity index (χ0) is 15.0. The second-order valence-corrected chi connectivity index (χ2v) is 5.14. The van der Waals surface area contributed by atoms with Crippen LogP contribution in [0.25, 0.3) is 22.6 Å². The zero-order valence-electron chi connectivity index (χ0n) is 11.5. The van der Waals surface area contributed by atoms with Crippen LogP contribution in [0.3, 0.4) is 0 Å². The van der Waals surface area contributed by atoms with Crippen LogP contribution >= 0.6 is 12.2 Å². The number of hydrogen-bond donors (Lipinski definition) is 2. The van der Waals surface area contributed by atoms with E-state index in [1.54, 1.807) is 13.1 Å². The molecule has 0 atom stereocenters. The van der Waals surface area contributed by atoms with Crippen LogP contribution in [0.1, 0.15) is 5.56 Å². The van der Waals surface area contributed by atoms with Gasteiger partial charge in [-0.15, -0.1) is 0 Å². The molecule has 106 valence electrons. The summed E-state index contributed by atoms with van der Waals surface area (Å²) in [7, 11) is 1.62.